The molecule has 0 bridgehead atoms. The summed E-state index contributed by atoms with van der Waals surface area (Å²) < 4.78 is 0. The highest BCUT2D eigenvalue weighted by Crippen LogP contribution is 2.19. The Hall–Kier alpha value is -0.340. The quantitative estimate of drug-likeness (QED) is 0.390. The van der Waals surface area contributed by atoms with Crippen LogP contribution < -0.4 is 10.6 Å². The molecule has 1 aromatic heterocycles. The van der Waals surface area contributed by atoms with Crippen molar-refractivity contribution in [2.45, 2.75) is 26.7 Å². The van der Waals surface area contributed by atoms with E-state index in [1.54, 1.807) is 0 Å². The van der Waals surface area contributed by atoms with Crippen LogP contribution in [-0.4, -0.2) is 51.6 Å². The maximum atomic E-state index is 4.31. The van der Waals surface area contributed by atoms with Gasteiger partial charge >= 0.3 is 0 Å². The predicted molar refractivity (Wildman–Crippen MR) is 110 cm³/mol. The molecule has 4 nitrogen and oxygen atoms in total. The summed E-state index contributed by atoms with van der Waals surface area (Å²) in [7, 11) is 6.04. The van der Waals surface area contributed by atoms with Gasteiger partial charge in [-0.05, 0) is 31.0 Å². The number of aliphatic imine (C=N–C) groups is 1. The lowest BCUT2D eigenvalue weighted by molar-refractivity contribution is 0.241. The summed E-state index contributed by atoms with van der Waals surface area (Å²) in [5, 5.41) is 8.97. The highest BCUT2D eigenvalue weighted by atomic mass is 127. The van der Waals surface area contributed by atoms with Crippen LogP contribution in [0.25, 0.3) is 0 Å². The van der Waals surface area contributed by atoms with Gasteiger partial charge in [-0.1, -0.05) is 26.8 Å². The van der Waals surface area contributed by atoms with Crippen molar-refractivity contribution in [3.63, 3.8) is 0 Å². The maximum Gasteiger partial charge on any atom is 0.191 e. The first-order valence-corrected chi connectivity index (χ1v) is 8.34. The monoisotopic (exact) mass is 438 g/mol. The molecule has 0 aliphatic heterocycles. The van der Waals surface area contributed by atoms with E-state index in [2.05, 4.69) is 72.9 Å². The van der Waals surface area contributed by atoms with E-state index in [-0.39, 0.29) is 29.4 Å². The van der Waals surface area contributed by atoms with Gasteiger partial charge in [0.05, 0.1) is 0 Å². The molecule has 1 heterocycles. The van der Waals surface area contributed by atoms with Crippen molar-refractivity contribution >= 4 is 41.3 Å². The van der Waals surface area contributed by atoms with Crippen LogP contribution in [0.1, 0.15) is 31.6 Å². The van der Waals surface area contributed by atoms with Crippen molar-refractivity contribution in [1.82, 2.24) is 15.5 Å². The SMILES string of the molecule is CN=C(NCC(C)c1cccs1)NCC(C)(C)CN(C)C.I. The van der Waals surface area contributed by atoms with E-state index >= 15 is 0 Å². The number of thiophene rings is 1. The van der Waals surface area contributed by atoms with Crippen molar-refractivity contribution < 1.29 is 0 Å². The molecule has 0 spiro atoms. The lowest BCUT2D eigenvalue weighted by Gasteiger charge is -2.29. The van der Waals surface area contributed by atoms with Crippen molar-refractivity contribution in [3.8, 4) is 0 Å². The molecule has 6 heteroatoms. The molecule has 128 valence electrons. The summed E-state index contributed by atoms with van der Waals surface area (Å²) in [6, 6.07) is 4.29. The minimum Gasteiger partial charge on any atom is -0.356 e. The fourth-order valence-electron chi connectivity index (χ4n) is 2.38. The van der Waals surface area contributed by atoms with E-state index in [0.717, 1.165) is 25.6 Å². The number of nitrogens with zero attached hydrogens (tertiary/aromatic N) is 2. The van der Waals surface area contributed by atoms with Crippen molar-refractivity contribution in [1.29, 1.82) is 0 Å². The molecule has 2 N–H and O–H groups in total. The van der Waals surface area contributed by atoms with Crippen LogP contribution in [0.2, 0.25) is 0 Å². The molecule has 1 aromatic rings. The fraction of sp³-hybridized carbons (Fsp3) is 0.688. The second-order valence-electron chi connectivity index (χ2n) is 6.63. The minimum atomic E-state index is 0. The van der Waals surface area contributed by atoms with E-state index in [1.165, 1.54) is 4.88 Å². The third kappa shape index (κ3) is 8.33. The molecule has 0 saturated carbocycles. The lowest BCUT2D eigenvalue weighted by atomic mass is 9.93. The zero-order chi connectivity index (χ0) is 15.9. The van der Waals surface area contributed by atoms with Crippen LogP contribution in [0, 0.1) is 5.41 Å². The summed E-state index contributed by atoms with van der Waals surface area (Å²) in [4.78, 5) is 7.93. The largest absolute Gasteiger partial charge is 0.356 e. The summed E-state index contributed by atoms with van der Waals surface area (Å²) in [6.07, 6.45) is 0. The lowest BCUT2D eigenvalue weighted by Crippen LogP contribution is -2.45. The Morgan fingerprint density at radius 1 is 1.36 bits per heavy atom. The van der Waals surface area contributed by atoms with Gasteiger partial charge in [0.1, 0.15) is 0 Å². The second-order valence-corrected chi connectivity index (χ2v) is 7.60. The molecule has 0 amide bonds. The van der Waals surface area contributed by atoms with Crippen molar-refractivity contribution in [3.05, 3.63) is 22.4 Å². The normalized spacial score (nSPS) is 13.7. The molecule has 0 fully saturated rings. The average Bonchev–Trinajstić information content (AvgIpc) is 2.91. The van der Waals surface area contributed by atoms with Gasteiger partial charge in [0.25, 0.3) is 0 Å². The fourth-order valence-corrected chi connectivity index (χ4v) is 3.16. The Bertz CT molecular complexity index is 429. The molecule has 0 aliphatic carbocycles. The van der Waals surface area contributed by atoms with E-state index < -0.39 is 0 Å². The predicted octanol–water partition coefficient (Wildman–Crippen LogP) is 3.22. The van der Waals surface area contributed by atoms with E-state index in [4.69, 9.17) is 0 Å². The zero-order valence-corrected chi connectivity index (χ0v) is 17.8. The van der Waals surface area contributed by atoms with Crippen LogP contribution >= 0.6 is 35.3 Å². The highest BCUT2D eigenvalue weighted by molar-refractivity contribution is 14.0. The van der Waals surface area contributed by atoms with Gasteiger partial charge < -0.3 is 15.5 Å². The molecular formula is C16H31IN4S. The summed E-state index contributed by atoms with van der Waals surface area (Å²) in [5.74, 6) is 1.38. The summed E-state index contributed by atoms with van der Waals surface area (Å²) >= 11 is 1.81. The van der Waals surface area contributed by atoms with Gasteiger partial charge in [0.2, 0.25) is 0 Å². The number of guanidine groups is 1. The first-order chi connectivity index (χ1) is 9.84. The van der Waals surface area contributed by atoms with Crippen LogP contribution in [0.15, 0.2) is 22.5 Å². The number of hydrogen-bond acceptors (Lipinski definition) is 3. The summed E-state index contributed by atoms with van der Waals surface area (Å²) in [6.45, 7) is 9.61. The average molecular weight is 438 g/mol. The Kier molecular flexibility index (Phi) is 10.3. The molecule has 1 rings (SSSR count). The van der Waals surface area contributed by atoms with Gasteiger partial charge in [-0.3, -0.25) is 4.99 Å². The van der Waals surface area contributed by atoms with Crippen LogP contribution in [0.3, 0.4) is 0 Å². The van der Waals surface area contributed by atoms with Crippen LogP contribution in [0.4, 0.5) is 0 Å². The molecular weight excluding hydrogens is 407 g/mol. The van der Waals surface area contributed by atoms with Crippen LogP contribution in [0.5, 0.6) is 0 Å². The zero-order valence-electron chi connectivity index (χ0n) is 14.6. The van der Waals surface area contributed by atoms with E-state index in [0.29, 0.717) is 5.92 Å². The molecule has 0 saturated heterocycles. The van der Waals surface area contributed by atoms with Gasteiger partial charge in [-0.2, -0.15) is 0 Å². The molecule has 0 radical (unpaired) electrons. The van der Waals surface area contributed by atoms with Crippen LogP contribution in [-0.2, 0) is 0 Å². The topological polar surface area (TPSA) is 39.7 Å². The highest BCUT2D eigenvalue weighted by Gasteiger charge is 2.19. The molecule has 0 aliphatic rings. The second kappa shape index (κ2) is 10.4. The van der Waals surface area contributed by atoms with Gasteiger partial charge in [-0.15, -0.1) is 35.3 Å². The molecule has 0 aromatic carbocycles. The van der Waals surface area contributed by atoms with Crippen molar-refractivity contribution in [2.75, 3.05) is 40.8 Å². The first-order valence-electron chi connectivity index (χ1n) is 7.47. The Morgan fingerprint density at radius 2 is 2.05 bits per heavy atom. The standard InChI is InChI=1S/C16H30N4S.HI/c1-13(14-8-7-9-21-14)10-18-15(17-4)19-11-16(2,3)12-20(5)6;/h7-9,13H,10-12H2,1-6H3,(H2,17,18,19);1H. The Morgan fingerprint density at radius 3 is 2.55 bits per heavy atom. The smallest absolute Gasteiger partial charge is 0.191 e. The first kappa shape index (κ1) is 21.7. The molecule has 22 heavy (non-hydrogen) atoms. The van der Waals surface area contributed by atoms with Gasteiger partial charge in [-0.25, -0.2) is 0 Å². The molecule has 1 atom stereocenters. The third-order valence-electron chi connectivity index (χ3n) is 3.31. The Labute approximate surface area is 156 Å². The number of halogens is 1. The Balaban J connectivity index is 0.00000441. The van der Waals surface area contributed by atoms with Gasteiger partial charge in [0.15, 0.2) is 5.96 Å². The number of rotatable bonds is 7. The van der Waals surface area contributed by atoms with Gasteiger partial charge in [0, 0.05) is 37.5 Å². The van der Waals surface area contributed by atoms with E-state index in [1.807, 2.05) is 18.4 Å². The minimum absolute atomic E-state index is 0. The van der Waals surface area contributed by atoms with E-state index in [9.17, 15) is 0 Å². The molecule has 1 unspecified atom stereocenters. The van der Waals surface area contributed by atoms with Crippen molar-refractivity contribution in [2.24, 2.45) is 10.4 Å². The third-order valence-corrected chi connectivity index (χ3v) is 4.41. The summed E-state index contributed by atoms with van der Waals surface area (Å²) in [5.41, 5.74) is 0.209. The maximum absolute atomic E-state index is 4.31. The number of hydrogen-bond donors (Lipinski definition) is 2. The number of nitrogens with one attached hydrogen (secondary N) is 2.